The van der Waals surface area contributed by atoms with Crippen molar-refractivity contribution in [3.05, 3.63) is 76.3 Å². The van der Waals surface area contributed by atoms with E-state index in [0.29, 0.717) is 48.5 Å². The van der Waals surface area contributed by atoms with Crippen LogP contribution in [0.4, 0.5) is 0 Å². The van der Waals surface area contributed by atoms with Gasteiger partial charge in [0.2, 0.25) is 23.9 Å². The molecule has 15 N–H and O–H groups in total. The molecule has 5 atom stereocenters. The standard InChI is InChI=1S/C41H30O26/c42-15-1-10(2-16(43)26(15)50)36(57)65-34-33-23(9-62-39(60)13-7-21(48)29(53)31(55)24(13)25-14(40(61)64-33)8-22(49)30(54)32(25)56)63-41(67-38(59)12-5-19(46)28(52)20(47)6-12)35(34)66-37(58)11-3-17(44)27(51)18(45)4-11/h1-8,23,33-35,41-56H,9H2/t23-,33-,34+,35+,41-/m1/s1. The highest BCUT2D eigenvalue weighted by atomic mass is 16.7. The normalized spacial score (nSPS) is 19.0. The second-order valence-electron chi connectivity index (χ2n) is 14.3. The number of hydrogen-bond acceptors (Lipinski definition) is 26. The van der Waals surface area contributed by atoms with Gasteiger partial charge in [-0.1, -0.05) is 0 Å². The Kier molecular flexibility index (Phi) is 11.4. The predicted molar refractivity (Wildman–Crippen MR) is 208 cm³/mol. The maximum atomic E-state index is 14.4. The molecule has 67 heavy (non-hydrogen) atoms. The summed E-state index contributed by atoms with van der Waals surface area (Å²) in [5.41, 5.74) is -6.64. The molecule has 26 nitrogen and oxygen atoms in total. The summed E-state index contributed by atoms with van der Waals surface area (Å²) < 4.78 is 33.4. The molecule has 5 aromatic carbocycles. The van der Waals surface area contributed by atoms with Gasteiger partial charge in [-0.25, -0.2) is 24.0 Å². The van der Waals surface area contributed by atoms with Gasteiger partial charge in [0.15, 0.2) is 87.0 Å². The van der Waals surface area contributed by atoms with Crippen molar-refractivity contribution < 1.29 is 129 Å². The van der Waals surface area contributed by atoms with Crippen molar-refractivity contribution in [2.75, 3.05) is 6.61 Å². The van der Waals surface area contributed by atoms with Gasteiger partial charge in [-0.15, -0.1) is 0 Å². The van der Waals surface area contributed by atoms with Gasteiger partial charge < -0.3 is 105 Å². The van der Waals surface area contributed by atoms with E-state index in [2.05, 4.69) is 0 Å². The van der Waals surface area contributed by atoms with E-state index in [9.17, 15) is 101 Å². The van der Waals surface area contributed by atoms with Crippen LogP contribution >= 0.6 is 0 Å². The van der Waals surface area contributed by atoms with E-state index in [0.717, 1.165) is 0 Å². The van der Waals surface area contributed by atoms with Crippen molar-refractivity contribution >= 4 is 29.8 Å². The fourth-order valence-electron chi connectivity index (χ4n) is 6.77. The van der Waals surface area contributed by atoms with Gasteiger partial charge in [0.05, 0.1) is 27.8 Å². The van der Waals surface area contributed by atoms with Crippen LogP contribution in [-0.4, -0.2) is 144 Å². The molecule has 0 unspecified atom stereocenters. The first-order valence-electron chi connectivity index (χ1n) is 18.5. The Morgan fingerprint density at radius 1 is 0.433 bits per heavy atom. The number of carbonyl (C=O) groups excluding carboxylic acids is 5. The first kappa shape index (κ1) is 45.4. The summed E-state index contributed by atoms with van der Waals surface area (Å²) in [4.78, 5) is 69.7. The predicted octanol–water partition coefficient (Wildman–Crippen LogP) is 1.67. The molecular weight excluding hydrogens is 908 g/mol. The number of aromatic hydroxyl groups is 15. The molecule has 2 aliphatic heterocycles. The van der Waals surface area contributed by atoms with Crippen LogP contribution < -0.4 is 0 Å². The number of rotatable bonds is 6. The molecule has 0 aromatic heterocycles. The van der Waals surface area contributed by atoms with E-state index in [-0.39, 0.29) is 0 Å². The van der Waals surface area contributed by atoms with Gasteiger partial charge in [-0.2, -0.15) is 0 Å². The maximum Gasteiger partial charge on any atom is 0.340 e. The van der Waals surface area contributed by atoms with Crippen molar-refractivity contribution in [1.29, 1.82) is 0 Å². The van der Waals surface area contributed by atoms with Crippen LogP contribution in [0, 0.1) is 0 Å². The van der Waals surface area contributed by atoms with Crippen LogP contribution in [0.3, 0.4) is 0 Å². The lowest BCUT2D eigenvalue weighted by molar-refractivity contribution is -0.282. The zero-order chi connectivity index (χ0) is 49.1. The second-order valence-corrected chi connectivity index (χ2v) is 14.3. The summed E-state index contributed by atoms with van der Waals surface area (Å²) in [6, 6.07) is 4.13. The van der Waals surface area contributed by atoms with Crippen LogP contribution in [0.25, 0.3) is 11.1 Å². The average molecular weight is 939 g/mol. The molecule has 26 heteroatoms. The summed E-state index contributed by atoms with van der Waals surface area (Å²) in [6.45, 7) is -1.26. The van der Waals surface area contributed by atoms with Crippen LogP contribution in [0.15, 0.2) is 48.5 Å². The first-order valence-corrected chi connectivity index (χ1v) is 18.5. The Morgan fingerprint density at radius 3 is 1.18 bits per heavy atom. The quantitative estimate of drug-likeness (QED) is 0.0654. The molecule has 2 aliphatic rings. The van der Waals surface area contributed by atoms with Crippen molar-refractivity contribution in [2.45, 2.75) is 30.7 Å². The number of phenols is 15. The summed E-state index contributed by atoms with van der Waals surface area (Å²) in [6.07, 6.45) is -12.2. The smallest absolute Gasteiger partial charge is 0.340 e. The highest BCUT2D eigenvalue weighted by molar-refractivity contribution is 6.08. The third kappa shape index (κ3) is 8.12. The largest absolute Gasteiger partial charge is 0.504 e. The van der Waals surface area contributed by atoms with Gasteiger partial charge in [-0.05, 0) is 48.5 Å². The Morgan fingerprint density at radius 2 is 0.776 bits per heavy atom. The minimum atomic E-state index is -2.55. The highest BCUT2D eigenvalue weighted by Crippen LogP contribution is 2.53. The van der Waals surface area contributed by atoms with Gasteiger partial charge in [-0.3, -0.25) is 0 Å². The second kappa shape index (κ2) is 16.8. The third-order valence-electron chi connectivity index (χ3n) is 10.0. The van der Waals surface area contributed by atoms with Crippen LogP contribution in [-0.2, 0) is 28.4 Å². The molecule has 1 fully saturated rings. The number of ether oxygens (including phenoxy) is 6. The van der Waals surface area contributed by atoms with Gasteiger partial charge in [0.25, 0.3) is 0 Å². The summed E-state index contributed by atoms with van der Waals surface area (Å²) in [5.74, 6) is -26.5. The SMILES string of the molecule is O=C(O[C@H]1O[C@@H]2COC(=O)c3cc(O)c(O)c(O)c3-c3c(cc(O)c(O)c3O)C(=O)O[C@H]2[C@H](OC(=O)c2cc(O)c(O)c(O)c2)[C@@H]1OC(=O)c1cc(O)c(O)c(O)c1)c1cc(O)c(O)c(O)c1. The number of cyclic esters (lactones) is 1. The molecular formula is C41H30O26. The lowest BCUT2D eigenvalue weighted by Crippen LogP contribution is -2.63. The van der Waals surface area contributed by atoms with E-state index in [1.807, 2.05) is 0 Å². The Labute approximate surface area is 369 Å². The average Bonchev–Trinajstić information content (AvgIpc) is 3.29. The number of phenolic OH excluding ortho intramolecular Hbond substituents is 15. The lowest BCUT2D eigenvalue weighted by atomic mass is 9.92. The van der Waals surface area contributed by atoms with Gasteiger partial charge in [0, 0.05) is 11.1 Å². The molecule has 0 spiro atoms. The zero-order valence-electron chi connectivity index (χ0n) is 32.9. The lowest BCUT2D eigenvalue weighted by Gasteiger charge is -2.43. The summed E-state index contributed by atoms with van der Waals surface area (Å²) in [7, 11) is 0. The summed E-state index contributed by atoms with van der Waals surface area (Å²) in [5, 5.41) is 154. The number of benzene rings is 5. The molecule has 0 saturated carbocycles. The molecule has 0 amide bonds. The number of esters is 5. The van der Waals surface area contributed by atoms with Crippen molar-refractivity contribution in [2.24, 2.45) is 0 Å². The van der Waals surface area contributed by atoms with Crippen molar-refractivity contribution in [3.63, 3.8) is 0 Å². The van der Waals surface area contributed by atoms with Gasteiger partial charge in [0.1, 0.15) is 12.7 Å². The van der Waals surface area contributed by atoms with E-state index >= 15 is 0 Å². The first-order chi connectivity index (χ1) is 31.5. The van der Waals surface area contributed by atoms with E-state index in [4.69, 9.17) is 28.4 Å². The van der Waals surface area contributed by atoms with E-state index in [1.54, 1.807) is 0 Å². The van der Waals surface area contributed by atoms with E-state index < -0.39 is 192 Å². The molecule has 350 valence electrons. The minimum absolute atomic E-state index is 0.402. The molecule has 0 aliphatic carbocycles. The highest BCUT2D eigenvalue weighted by Gasteiger charge is 2.55. The zero-order valence-corrected chi connectivity index (χ0v) is 32.9. The molecule has 5 aromatic rings. The number of hydrogen-bond donors (Lipinski definition) is 15. The van der Waals surface area contributed by atoms with Crippen LogP contribution in [0.2, 0.25) is 0 Å². The maximum absolute atomic E-state index is 14.4. The third-order valence-corrected chi connectivity index (χ3v) is 10.0. The fraction of sp³-hybridized carbons (Fsp3) is 0.146. The Balaban J connectivity index is 1.44. The molecule has 2 heterocycles. The molecule has 7 rings (SSSR count). The fourth-order valence-corrected chi connectivity index (χ4v) is 6.77. The number of carbonyl (C=O) groups is 5. The monoisotopic (exact) mass is 938 g/mol. The topological polar surface area (TPSA) is 444 Å². The van der Waals surface area contributed by atoms with Crippen molar-refractivity contribution in [1.82, 2.24) is 0 Å². The van der Waals surface area contributed by atoms with Crippen LogP contribution in [0.5, 0.6) is 86.2 Å². The van der Waals surface area contributed by atoms with E-state index in [1.165, 1.54) is 0 Å². The van der Waals surface area contributed by atoms with Crippen LogP contribution in [0.1, 0.15) is 51.8 Å². The summed E-state index contributed by atoms with van der Waals surface area (Å²) >= 11 is 0. The molecule has 0 bridgehead atoms. The van der Waals surface area contributed by atoms with Gasteiger partial charge >= 0.3 is 29.8 Å². The molecule has 0 radical (unpaired) electrons. The Bertz CT molecular complexity index is 2870. The minimum Gasteiger partial charge on any atom is -0.504 e. The number of fused-ring (bicyclic) bond motifs is 4. The van der Waals surface area contributed by atoms with Crippen molar-refractivity contribution in [3.8, 4) is 97.4 Å². The molecule has 1 saturated heterocycles. The Hall–Kier alpha value is -9.59.